The molecule has 0 radical (unpaired) electrons. The molecule has 3 amide bonds. The van der Waals surface area contributed by atoms with Crippen LogP contribution >= 0.6 is 0 Å². The molecule has 1 aromatic heterocycles. The Kier molecular flexibility index (Phi) is 7.33. The maximum atomic E-state index is 13.0. The Morgan fingerprint density at radius 3 is 2.28 bits per heavy atom. The van der Waals surface area contributed by atoms with Crippen LogP contribution in [0.2, 0.25) is 0 Å². The summed E-state index contributed by atoms with van der Waals surface area (Å²) in [5.74, 6) is -0.896. The Morgan fingerprint density at radius 1 is 0.972 bits per heavy atom. The molecule has 1 aliphatic heterocycles. The van der Waals surface area contributed by atoms with Crippen LogP contribution in [0.25, 0.3) is 11.1 Å². The van der Waals surface area contributed by atoms with E-state index in [1.54, 1.807) is 23.1 Å². The minimum absolute atomic E-state index is 0.0181. The van der Waals surface area contributed by atoms with Crippen molar-refractivity contribution in [3.63, 3.8) is 0 Å². The number of aromatic carboxylic acids is 1. The number of hydrogen-bond acceptors (Lipinski definition) is 4. The van der Waals surface area contributed by atoms with Gasteiger partial charge in [-0.25, -0.2) is 14.6 Å². The quantitative estimate of drug-likeness (QED) is 0.425. The molecule has 2 heterocycles. The van der Waals surface area contributed by atoms with Gasteiger partial charge in [-0.1, -0.05) is 38.1 Å². The second-order valence-corrected chi connectivity index (χ2v) is 9.31. The number of benzene rings is 2. The number of hydrogen-bond donors (Lipinski definition) is 3. The first-order valence-corrected chi connectivity index (χ1v) is 12.0. The van der Waals surface area contributed by atoms with Crippen molar-refractivity contribution in [1.82, 2.24) is 9.88 Å². The lowest BCUT2D eigenvalue weighted by Gasteiger charge is -2.24. The summed E-state index contributed by atoms with van der Waals surface area (Å²) in [7, 11) is 0. The number of nitrogens with one attached hydrogen (secondary N) is 2. The largest absolute Gasteiger partial charge is 0.477 e. The first kappa shape index (κ1) is 24.9. The van der Waals surface area contributed by atoms with Gasteiger partial charge in [0.2, 0.25) is 5.91 Å². The van der Waals surface area contributed by atoms with Crippen LogP contribution in [0.3, 0.4) is 0 Å². The number of rotatable bonds is 6. The van der Waals surface area contributed by atoms with Crippen LogP contribution in [0.1, 0.15) is 54.2 Å². The van der Waals surface area contributed by atoms with Gasteiger partial charge >= 0.3 is 12.0 Å². The Morgan fingerprint density at radius 2 is 1.67 bits per heavy atom. The van der Waals surface area contributed by atoms with E-state index in [1.807, 2.05) is 37.3 Å². The monoisotopic (exact) mass is 486 g/mol. The summed E-state index contributed by atoms with van der Waals surface area (Å²) in [5, 5.41) is 14.8. The van der Waals surface area contributed by atoms with E-state index in [9.17, 15) is 14.4 Å². The van der Waals surface area contributed by atoms with E-state index in [4.69, 9.17) is 5.11 Å². The highest BCUT2D eigenvalue weighted by Gasteiger charge is 2.34. The molecule has 8 heteroatoms. The van der Waals surface area contributed by atoms with Crippen LogP contribution in [-0.2, 0) is 4.79 Å². The van der Waals surface area contributed by atoms with Gasteiger partial charge < -0.3 is 20.6 Å². The van der Waals surface area contributed by atoms with Crippen molar-refractivity contribution in [2.75, 3.05) is 17.2 Å². The van der Waals surface area contributed by atoms with Crippen LogP contribution < -0.4 is 10.6 Å². The van der Waals surface area contributed by atoms with Crippen molar-refractivity contribution < 1.29 is 19.5 Å². The maximum absolute atomic E-state index is 13.0. The highest BCUT2D eigenvalue weighted by Crippen LogP contribution is 2.25. The van der Waals surface area contributed by atoms with Crippen LogP contribution in [0.5, 0.6) is 0 Å². The number of aromatic nitrogens is 1. The van der Waals surface area contributed by atoms with E-state index in [1.165, 1.54) is 17.8 Å². The summed E-state index contributed by atoms with van der Waals surface area (Å²) < 4.78 is 0. The predicted octanol–water partition coefficient (Wildman–Crippen LogP) is 5.51. The summed E-state index contributed by atoms with van der Waals surface area (Å²) in [6.07, 6.45) is 2.86. The zero-order chi connectivity index (χ0) is 25.8. The topological polar surface area (TPSA) is 112 Å². The smallest absolute Gasteiger partial charge is 0.354 e. The van der Waals surface area contributed by atoms with Gasteiger partial charge in [0.25, 0.3) is 0 Å². The van der Waals surface area contributed by atoms with E-state index < -0.39 is 12.0 Å². The molecule has 2 aromatic carbocycles. The van der Waals surface area contributed by atoms with Gasteiger partial charge in [0.15, 0.2) is 0 Å². The third-order valence-electron chi connectivity index (χ3n) is 6.43. The molecule has 0 spiro atoms. The van der Waals surface area contributed by atoms with E-state index in [-0.39, 0.29) is 17.6 Å². The van der Waals surface area contributed by atoms with E-state index in [0.717, 1.165) is 28.8 Å². The molecular formula is C28H30N4O4. The third-order valence-corrected chi connectivity index (χ3v) is 6.43. The van der Waals surface area contributed by atoms with Crippen LogP contribution in [0.15, 0.2) is 60.8 Å². The van der Waals surface area contributed by atoms with E-state index in [0.29, 0.717) is 24.6 Å². The summed E-state index contributed by atoms with van der Waals surface area (Å²) in [5.41, 5.74) is 5.30. The number of carboxylic acid groups (broad SMARTS) is 1. The van der Waals surface area contributed by atoms with Crippen molar-refractivity contribution in [3.05, 3.63) is 77.6 Å². The number of aryl methyl sites for hydroxylation is 1. The normalized spacial score (nSPS) is 15.1. The SMILES string of the molecule is Cc1cc(NC(=O)N2CCC[C@H]2C(=O)Nc2ccc(-c3ccc(C(=O)O)nc3)cc2)ccc1C(C)C. The molecule has 0 bridgehead atoms. The second-order valence-electron chi connectivity index (χ2n) is 9.31. The van der Waals surface area contributed by atoms with Gasteiger partial charge in [-0.05, 0) is 72.7 Å². The Hall–Kier alpha value is -4.20. The van der Waals surface area contributed by atoms with Gasteiger partial charge in [-0.3, -0.25) is 4.79 Å². The number of carbonyl (C=O) groups is 3. The Balaban J connectivity index is 1.39. The van der Waals surface area contributed by atoms with Gasteiger partial charge in [-0.15, -0.1) is 0 Å². The molecule has 3 N–H and O–H groups in total. The van der Waals surface area contributed by atoms with Crippen LogP contribution in [-0.4, -0.2) is 45.5 Å². The zero-order valence-electron chi connectivity index (χ0n) is 20.6. The number of carboxylic acids is 1. The number of pyridine rings is 1. The molecule has 3 aromatic rings. The van der Waals surface area contributed by atoms with Crippen molar-refractivity contribution >= 4 is 29.3 Å². The lowest BCUT2D eigenvalue weighted by Crippen LogP contribution is -2.45. The third kappa shape index (κ3) is 5.54. The molecule has 4 rings (SSSR count). The molecule has 186 valence electrons. The number of likely N-dealkylation sites (tertiary alicyclic amines) is 1. The highest BCUT2D eigenvalue weighted by atomic mass is 16.4. The summed E-state index contributed by atoms with van der Waals surface area (Å²) in [6.45, 7) is 6.82. The number of carbonyl (C=O) groups excluding carboxylic acids is 2. The maximum Gasteiger partial charge on any atom is 0.354 e. The van der Waals surface area contributed by atoms with Gasteiger partial charge in [0, 0.05) is 29.7 Å². The molecule has 1 saturated heterocycles. The number of nitrogens with zero attached hydrogens (tertiary/aromatic N) is 2. The molecule has 0 aliphatic carbocycles. The van der Waals surface area contributed by atoms with E-state index >= 15 is 0 Å². The predicted molar refractivity (Wildman–Crippen MR) is 139 cm³/mol. The van der Waals surface area contributed by atoms with Crippen molar-refractivity contribution in [3.8, 4) is 11.1 Å². The van der Waals surface area contributed by atoms with Gasteiger partial charge in [-0.2, -0.15) is 0 Å². The first-order valence-electron chi connectivity index (χ1n) is 12.0. The fourth-order valence-corrected chi connectivity index (χ4v) is 4.54. The average molecular weight is 487 g/mol. The number of amides is 3. The van der Waals surface area contributed by atoms with Crippen molar-refractivity contribution in [1.29, 1.82) is 0 Å². The molecular weight excluding hydrogens is 456 g/mol. The molecule has 8 nitrogen and oxygen atoms in total. The molecule has 1 aliphatic rings. The second kappa shape index (κ2) is 10.6. The molecule has 1 atom stereocenters. The minimum atomic E-state index is -1.08. The minimum Gasteiger partial charge on any atom is -0.477 e. The Labute approximate surface area is 210 Å². The first-order chi connectivity index (χ1) is 17.2. The van der Waals surface area contributed by atoms with Crippen LogP contribution in [0, 0.1) is 6.92 Å². The standard InChI is InChI=1S/C28H30N4O4/c1-17(2)23-12-11-22(15-18(23)3)31-28(36)32-14-4-5-25(32)26(33)30-21-9-6-19(7-10-21)20-8-13-24(27(34)35)29-16-20/h6-13,15-17,25H,4-5,14H2,1-3H3,(H,30,33)(H,31,36)(H,34,35)/t25-/m0/s1. The number of urea groups is 1. The molecule has 36 heavy (non-hydrogen) atoms. The van der Waals surface area contributed by atoms with Gasteiger partial charge in [0.1, 0.15) is 11.7 Å². The van der Waals surface area contributed by atoms with Crippen molar-refractivity contribution in [2.24, 2.45) is 0 Å². The van der Waals surface area contributed by atoms with Crippen molar-refractivity contribution in [2.45, 2.75) is 45.6 Å². The molecule has 0 saturated carbocycles. The van der Waals surface area contributed by atoms with E-state index in [2.05, 4.69) is 29.5 Å². The zero-order valence-corrected chi connectivity index (χ0v) is 20.6. The lowest BCUT2D eigenvalue weighted by molar-refractivity contribution is -0.119. The summed E-state index contributed by atoms with van der Waals surface area (Å²) >= 11 is 0. The fraction of sp³-hybridized carbons (Fsp3) is 0.286. The average Bonchev–Trinajstić information content (AvgIpc) is 3.35. The highest BCUT2D eigenvalue weighted by molar-refractivity contribution is 5.99. The van der Waals surface area contributed by atoms with Crippen LogP contribution in [0.4, 0.5) is 16.2 Å². The van der Waals surface area contributed by atoms with Gasteiger partial charge in [0.05, 0.1) is 0 Å². The Bertz CT molecular complexity index is 1270. The molecule has 1 fully saturated rings. The summed E-state index contributed by atoms with van der Waals surface area (Å²) in [6, 6.07) is 15.4. The number of anilines is 2. The molecule has 0 unspecified atom stereocenters. The summed E-state index contributed by atoms with van der Waals surface area (Å²) in [4.78, 5) is 42.5. The fourth-order valence-electron chi connectivity index (χ4n) is 4.54. The lowest BCUT2D eigenvalue weighted by atomic mass is 9.98.